The molecule has 192 valence electrons. The van der Waals surface area contributed by atoms with E-state index in [0.29, 0.717) is 12.5 Å². The highest BCUT2D eigenvalue weighted by molar-refractivity contribution is 6.03. The number of esters is 2. The van der Waals surface area contributed by atoms with Crippen LogP contribution in [-0.4, -0.2) is 18.5 Å². The van der Waals surface area contributed by atoms with Crippen molar-refractivity contribution in [2.45, 2.75) is 77.7 Å². The normalized spacial score (nSPS) is 10.9. The first-order valence-corrected chi connectivity index (χ1v) is 12.1. The standard InChI is InChI=1S/C27H32F4O4/c1-2-3-4-5-6-7-8-9-10-13-16-34-26(32)20-14-11-12-15-21(20)27(33)35-18-19-17-22(28)24(30)25(31)23(19)29/h11-12,14-15,17H,2-10,13,16,18H2,1H3. The van der Waals surface area contributed by atoms with Gasteiger partial charge in [-0.15, -0.1) is 0 Å². The molecule has 35 heavy (non-hydrogen) atoms. The number of unbranched alkanes of at least 4 members (excludes halogenated alkanes) is 9. The van der Waals surface area contributed by atoms with E-state index in [1.165, 1.54) is 62.8 Å². The van der Waals surface area contributed by atoms with Crippen LogP contribution in [0.4, 0.5) is 17.6 Å². The second kappa shape index (κ2) is 15.2. The summed E-state index contributed by atoms with van der Waals surface area (Å²) >= 11 is 0. The lowest BCUT2D eigenvalue weighted by Crippen LogP contribution is -2.15. The van der Waals surface area contributed by atoms with Crippen LogP contribution in [0.5, 0.6) is 0 Å². The monoisotopic (exact) mass is 496 g/mol. The minimum Gasteiger partial charge on any atom is -0.462 e. The van der Waals surface area contributed by atoms with Crippen LogP contribution in [0.3, 0.4) is 0 Å². The first kappa shape index (κ1) is 28.3. The molecule has 0 heterocycles. The molecule has 2 aromatic carbocycles. The molecule has 0 atom stereocenters. The molecule has 0 aliphatic rings. The number of benzene rings is 2. The van der Waals surface area contributed by atoms with E-state index in [2.05, 4.69) is 6.92 Å². The third-order valence-electron chi connectivity index (χ3n) is 5.63. The maximum Gasteiger partial charge on any atom is 0.339 e. The van der Waals surface area contributed by atoms with Gasteiger partial charge in [0.15, 0.2) is 23.3 Å². The van der Waals surface area contributed by atoms with E-state index in [1.54, 1.807) is 0 Å². The summed E-state index contributed by atoms with van der Waals surface area (Å²) in [5.74, 6) is -8.92. The number of halogens is 4. The van der Waals surface area contributed by atoms with Crippen molar-refractivity contribution in [3.05, 3.63) is 70.3 Å². The maximum absolute atomic E-state index is 13.8. The van der Waals surface area contributed by atoms with Crippen molar-refractivity contribution in [2.75, 3.05) is 6.61 Å². The van der Waals surface area contributed by atoms with Gasteiger partial charge in [0.05, 0.1) is 17.7 Å². The van der Waals surface area contributed by atoms with E-state index in [0.717, 1.165) is 19.3 Å². The van der Waals surface area contributed by atoms with Gasteiger partial charge in [0, 0.05) is 5.56 Å². The molecule has 2 aromatic rings. The number of ether oxygens (including phenoxy) is 2. The van der Waals surface area contributed by atoms with E-state index >= 15 is 0 Å². The number of hydrogen-bond acceptors (Lipinski definition) is 4. The van der Waals surface area contributed by atoms with Crippen LogP contribution < -0.4 is 0 Å². The molecule has 0 aliphatic heterocycles. The third kappa shape index (κ3) is 9.00. The van der Waals surface area contributed by atoms with Crippen molar-refractivity contribution in [3.63, 3.8) is 0 Å². The molecule has 4 nitrogen and oxygen atoms in total. The van der Waals surface area contributed by atoms with Crippen LogP contribution in [0.15, 0.2) is 30.3 Å². The van der Waals surface area contributed by atoms with Gasteiger partial charge in [-0.05, 0) is 24.6 Å². The summed E-state index contributed by atoms with van der Waals surface area (Å²) in [6.07, 6.45) is 11.4. The molecule has 0 amide bonds. The zero-order valence-electron chi connectivity index (χ0n) is 20.0. The zero-order valence-corrected chi connectivity index (χ0v) is 20.0. The Hall–Kier alpha value is -2.90. The Kier molecular flexibility index (Phi) is 12.3. The van der Waals surface area contributed by atoms with Gasteiger partial charge in [0.25, 0.3) is 0 Å². The number of carbonyl (C=O) groups is 2. The fourth-order valence-electron chi connectivity index (χ4n) is 3.62. The molecule has 0 bridgehead atoms. The molecular formula is C27H32F4O4. The zero-order chi connectivity index (χ0) is 25.6. The van der Waals surface area contributed by atoms with E-state index in [4.69, 9.17) is 9.47 Å². The first-order chi connectivity index (χ1) is 16.9. The molecule has 2 rings (SSSR count). The predicted octanol–water partition coefficient (Wildman–Crippen LogP) is 7.68. The summed E-state index contributed by atoms with van der Waals surface area (Å²) < 4.78 is 63.8. The molecule has 0 saturated carbocycles. The molecule has 0 fully saturated rings. The van der Waals surface area contributed by atoms with Gasteiger partial charge in [0.1, 0.15) is 6.61 Å². The highest BCUT2D eigenvalue weighted by atomic mass is 19.2. The van der Waals surface area contributed by atoms with Crippen LogP contribution in [0.2, 0.25) is 0 Å². The summed E-state index contributed by atoms with van der Waals surface area (Å²) in [4.78, 5) is 24.9. The molecule has 0 N–H and O–H groups in total. The quantitative estimate of drug-likeness (QED) is 0.0834. The molecule has 0 aliphatic carbocycles. The lowest BCUT2D eigenvalue weighted by atomic mass is 10.1. The van der Waals surface area contributed by atoms with Crippen LogP contribution in [-0.2, 0) is 16.1 Å². The summed E-state index contributed by atoms with van der Waals surface area (Å²) in [5.41, 5.74) is -0.846. The Morgan fingerprint density at radius 2 is 1.20 bits per heavy atom. The van der Waals surface area contributed by atoms with E-state index in [1.807, 2.05) is 0 Å². The molecule has 0 saturated heterocycles. The minimum atomic E-state index is -1.99. The Labute approximate surface area is 203 Å². The highest BCUT2D eigenvalue weighted by Gasteiger charge is 2.22. The average Bonchev–Trinajstić information content (AvgIpc) is 2.87. The van der Waals surface area contributed by atoms with Crippen molar-refractivity contribution in [1.29, 1.82) is 0 Å². The first-order valence-electron chi connectivity index (χ1n) is 12.1. The lowest BCUT2D eigenvalue weighted by Gasteiger charge is -2.11. The van der Waals surface area contributed by atoms with E-state index < -0.39 is 47.4 Å². The SMILES string of the molecule is CCCCCCCCCCCCOC(=O)c1ccccc1C(=O)OCc1cc(F)c(F)c(F)c1F. The molecule has 0 unspecified atom stereocenters. The van der Waals surface area contributed by atoms with Gasteiger partial charge in [-0.3, -0.25) is 0 Å². The fraction of sp³-hybridized carbons (Fsp3) is 0.481. The average molecular weight is 497 g/mol. The van der Waals surface area contributed by atoms with Crippen molar-refractivity contribution >= 4 is 11.9 Å². The fourth-order valence-corrected chi connectivity index (χ4v) is 3.62. The second-order valence-electron chi connectivity index (χ2n) is 8.40. The molecule has 0 radical (unpaired) electrons. The van der Waals surface area contributed by atoms with Crippen LogP contribution in [0.25, 0.3) is 0 Å². The molecule has 0 aromatic heterocycles. The lowest BCUT2D eigenvalue weighted by molar-refractivity contribution is 0.0432. The van der Waals surface area contributed by atoms with Crippen LogP contribution in [0, 0.1) is 23.3 Å². The van der Waals surface area contributed by atoms with Gasteiger partial charge in [0.2, 0.25) is 0 Å². The Bertz CT molecular complexity index is 978. The van der Waals surface area contributed by atoms with Crippen molar-refractivity contribution < 1.29 is 36.6 Å². The van der Waals surface area contributed by atoms with Gasteiger partial charge in [-0.25, -0.2) is 27.2 Å². The number of hydrogen-bond donors (Lipinski definition) is 0. The molecule has 8 heteroatoms. The smallest absolute Gasteiger partial charge is 0.339 e. The van der Waals surface area contributed by atoms with Gasteiger partial charge < -0.3 is 9.47 Å². The van der Waals surface area contributed by atoms with Crippen molar-refractivity contribution in [3.8, 4) is 0 Å². The Morgan fingerprint density at radius 3 is 1.77 bits per heavy atom. The molecule has 0 spiro atoms. The topological polar surface area (TPSA) is 52.6 Å². The summed E-state index contributed by atoms with van der Waals surface area (Å²) in [6, 6.07) is 6.15. The Balaban J connectivity index is 1.79. The number of rotatable bonds is 15. The predicted molar refractivity (Wildman–Crippen MR) is 124 cm³/mol. The van der Waals surface area contributed by atoms with Crippen LogP contribution >= 0.6 is 0 Å². The summed E-state index contributed by atoms with van der Waals surface area (Å²) in [6.45, 7) is 1.56. The second-order valence-corrected chi connectivity index (χ2v) is 8.40. The third-order valence-corrected chi connectivity index (χ3v) is 5.63. The Morgan fingerprint density at radius 1 is 0.686 bits per heavy atom. The maximum atomic E-state index is 13.8. The summed E-state index contributed by atoms with van der Waals surface area (Å²) in [5, 5.41) is 0. The minimum absolute atomic E-state index is 0.0403. The summed E-state index contributed by atoms with van der Waals surface area (Å²) in [7, 11) is 0. The van der Waals surface area contributed by atoms with Gasteiger partial charge >= 0.3 is 11.9 Å². The van der Waals surface area contributed by atoms with Gasteiger partial charge in [-0.2, -0.15) is 0 Å². The van der Waals surface area contributed by atoms with E-state index in [-0.39, 0.29) is 17.7 Å². The molecular weight excluding hydrogens is 464 g/mol. The van der Waals surface area contributed by atoms with Crippen molar-refractivity contribution in [1.82, 2.24) is 0 Å². The van der Waals surface area contributed by atoms with Gasteiger partial charge in [-0.1, -0.05) is 76.8 Å². The largest absolute Gasteiger partial charge is 0.462 e. The van der Waals surface area contributed by atoms with Crippen LogP contribution in [0.1, 0.15) is 97.4 Å². The number of carbonyl (C=O) groups excluding carboxylic acids is 2. The van der Waals surface area contributed by atoms with E-state index in [9.17, 15) is 27.2 Å². The highest BCUT2D eigenvalue weighted by Crippen LogP contribution is 2.20. The van der Waals surface area contributed by atoms with Crippen molar-refractivity contribution in [2.24, 2.45) is 0 Å².